The van der Waals surface area contributed by atoms with Crippen LogP contribution in [0.4, 0.5) is 17.5 Å². The minimum Gasteiger partial charge on any atom is -0.472 e. The molecule has 1 unspecified atom stereocenters. The molecule has 2 aliphatic rings. The summed E-state index contributed by atoms with van der Waals surface area (Å²) in [7, 11) is 1.65. The Morgan fingerprint density at radius 2 is 2.14 bits per heavy atom. The topological polar surface area (TPSA) is 98.6 Å². The van der Waals surface area contributed by atoms with Crippen LogP contribution in [0.25, 0.3) is 0 Å². The van der Waals surface area contributed by atoms with Gasteiger partial charge in [-0.15, -0.1) is 5.10 Å². The van der Waals surface area contributed by atoms with Crippen LogP contribution in [0.2, 0.25) is 5.02 Å². The summed E-state index contributed by atoms with van der Waals surface area (Å²) in [4.78, 5) is 11.1. The predicted molar refractivity (Wildman–Crippen MR) is 109 cm³/mol. The lowest BCUT2D eigenvalue weighted by Gasteiger charge is -2.26. The number of hydrogen-bond donors (Lipinski definition) is 2. The molecule has 0 spiro atoms. The zero-order valence-electron chi connectivity index (χ0n) is 16.7. The third-order valence-corrected chi connectivity index (χ3v) is 5.40. The molecule has 2 aromatic rings. The SMILES string of the molecule is COC1CNc2nc(ncc2Cl)Nc2c(nn(CCN3CCOCC3)c2C)OC1. The minimum atomic E-state index is -0.186. The molecule has 2 N–H and O–H groups in total. The maximum atomic E-state index is 6.22. The number of halogens is 1. The Hall–Kier alpha value is -2.14. The fourth-order valence-electron chi connectivity index (χ4n) is 3.30. The van der Waals surface area contributed by atoms with Crippen molar-refractivity contribution < 1.29 is 14.2 Å². The number of rotatable bonds is 4. The number of anilines is 3. The highest BCUT2D eigenvalue weighted by atomic mass is 35.5. The molecule has 1 atom stereocenters. The van der Waals surface area contributed by atoms with E-state index in [4.69, 9.17) is 25.8 Å². The van der Waals surface area contributed by atoms with Crippen molar-refractivity contribution in [2.75, 3.05) is 63.7 Å². The number of methoxy groups -OCH3 is 1. The molecule has 11 heteroatoms. The molecule has 2 aliphatic heterocycles. The largest absolute Gasteiger partial charge is 0.472 e. The summed E-state index contributed by atoms with van der Waals surface area (Å²) in [5, 5.41) is 11.6. The van der Waals surface area contributed by atoms with E-state index in [1.165, 1.54) is 0 Å². The smallest absolute Gasteiger partial charge is 0.257 e. The van der Waals surface area contributed by atoms with Gasteiger partial charge in [0, 0.05) is 33.3 Å². The molecule has 0 aliphatic carbocycles. The van der Waals surface area contributed by atoms with E-state index in [0.29, 0.717) is 35.8 Å². The van der Waals surface area contributed by atoms with E-state index in [9.17, 15) is 0 Å². The summed E-state index contributed by atoms with van der Waals surface area (Å²) < 4.78 is 18.9. The highest BCUT2D eigenvalue weighted by Crippen LogP contribution is 2.31. The van der Waals surface area contributed by atoms with Gasteiger partial charge in [0.15, 0.2) is 5.82 Å². The van der Waals surface area contributed by atoms with Crippen molar-refractivity contribution >= 4 is 29.1 Å². The van der Waals surface area contributed by atoms with Crippen molar-refractivity contribution in [3.63, 3.8) is 0 Å². The van der Waals surface area contributed by atoms with E-state index >= 15 is 0 Å². The van der Waals surface area contributed by atoms with Crippen molar-refractivity contribution in [1.82, 2.24) is 24.6 Å². The number of aromatic nitrogens is 4. The van der Waals surface area contributed by atoms with Crippen LogP contribution in [-0.2, 0) is 16.0 Å². The van der Waals surface area contributed by atoms with Crippen LogP contribution < -0.4 is 15.4 Å². The molecule has 0 aromatic carbocycles. The molecule has 10 nitrogen and oxygen atoms in total. The monoisotopic (exact) mass is 423 g/mol. The van der Waals surface area contributed by atoms with Crippen molar-refractivity contribution in [1.29, 1.82) is 0 Å². The average molecular weight is 424 g/mol. The lowest BCUT2D eigenvalue weighted by atomic mass is 10.3. The summed E-state index contributed by atoms with van der Waals surface area (Å²) in [5.41, 5.74) is 1.70. The summed E-state index contributed by atoms with van der Waals surface area (Å²) >= 11 is 6.22. The Balaban J connectivity index is 1.59. The first-order chi connectivity index (χ1) is 14.1. The van der Waals surface area contributed by atoms with Gasteiger partial charge in [-0.05, 0) is 6.92 Å². The van der Waals surface area contributed by atoms with Crippen molar-refractivity contribution in [3.8, 4) is 5.88 Å². The number of nitrogens with zero attached hydrogens (tertiary/aromatic N) is 5. The van der Waals surface area contributed by atoms with Gasteiger partial charge in [-0.2, -0.15) is 4.98 Å². The molecular formula is C18H26ClN7O3. The Bertz CT molecular complexity index is 841. The number of fused-ring (bicyclic) bond motifs is 3. The molecule has 0 amide bonds. The molecule has 0 saturated carbocycles. The zero-order chi connectivity index (χ0) is 20.2. The quantitative estimate of drug-likeness (QED) is 0.758. The normalized spacial score (nSPS) is 20.0. The summed E-state index contributed by atoms with van der Waals surface area (Å²) in [6.07, 6.45) is 1.38. The maximum Gasteiger partial charge on any atom is 0.257 e. The first kappa shape index (κ1) is 20.1. The molecule has 0 radical (unpaired) electrons. The van der Waals surface area contributed by atoms with Crippen LogP contribution in [-0.4, -0.2) is 83.9 Å². The van der Waals surface area contributed by atoms with Gasteiger partial charge in [0.25, 0.3) is 5.88 Å². The second-order valence-corrected chi connectivity index (χ2v) is 7.41. The standard InChI is InChI=1S/C18H26ClN7O3/c1-12-15-17(24-26(12)4-3-25-5-7-28-8-6-25)29-11-13(27-2)9-20-16-14(19)10-21-18(22-15)23-16/h10,13H,3-9,11H2,1-2H3,(H2,20,21,22,23). The van der Waals surface area contributed by atoms with Crippen molar-refractivity contribution in [2.24, 2.45) is 0 Å². The van der Waals surface area contributed by atoms with Crippen LogP contribution in [0.3, 0.4) is 0 Å². The third-order valence-electron chi connectivity index (χ3n) is 5.12. The Labute approximate surface area is 174 Å². The van der Waals surface area contributed by atoms with Crippen LogP contribution in [0, 0.1) is 6.92 Å². The summed E-state index contributed by atoms with van der Waals surface area (Å²) in [6.45, 7) is 7.95. The lowest BCUT2D eigenvalue weighted by molar-refractivity contribution is 0.0358. The third kappa shape index (κ3) is 4.72. The number of nitrogens with one attached hydrogen (secondary N) is 2. The van der Waals surface area contributed by atoms with Gasteiger partial charge in [0.2, 0.25) is 5.95 Å². The highest BCUT2D eigenvalue weighted by molar-refractivity contribution is 6.32. The molecule has 2 bridgehead atoms. The van der Waals surface area contributed by atoms with Gasteiger partial charge in [-0.1, -0.05) is 11.6 Å². The molecule has 1 saturated heterocycles. The predicted octanol–water partition coefficient (Wildman–Crippen LogP) is 1.53. The average Bonchev–Trinajstić information content (AvgIpc) is 3.02. The lowest BCUT2D eigenvalue weighted by Crippen LogP contribution is -2.38. The second kappa shape index (κ2) is 9.12. The second-order valence-electron chi connectivity index (χ2n) is 7.01. The number of hydrogen-bond acceptors (Lipinski definition) is 9. The van der Waals surface area contributed by atoms with Crippen LogP contribution in [0.5, 0.6) is 5.88 Å². The van der Waals surface area contributed by atoms with E-state index in [2.05, 4.69) is 30.6 Å². The van der Waals surface area contributed by atoms with Gasteiger partial charge >= 0.3 is 0 Å². The van der Waals surface area contributed by atoms with E-state index in [1.807, 2.05) is 11.6 Å². The summed E-state index contributed by atoms with van der Waals surface area (Å²) in [6, 6.07) is 0. The van der Waals surface area contributed by atoms with E-state index < -0.39 is 0 Å². The van der Waals surface area contributed by atoms with Crippen LogP contribution >= 0.6 is 11.6 Å². The molecule has 1 fully saturated rings. The highest BCUT2D eigenvalue weighted by Gasteiger charge is 2.22. The minimum absolute atomic E-state index is 0.186. The molecule has 4 rings (SSSR count). The summed E-state index contributed by atoms with van der Waals surface area (Å²) in [5.74, 6) is 1.48. The van der Waals surface area contributed by atoms with Gasteiger partial charge in [-0.3, -0.25) is 9.58 Å². The first-order valence-electron chi connectivity index (χ1n) is 9.70. The molecule has 2 aromatic heterocycles. The van der Waals surface area contributed by atoms with Gasteiger partial charge in [0.1, 0.15) is 23.4 Å². The van der Waals surface area contributed by atoms with Crippen LogP contribution in [0.15, 0.2) is 6.20 Å². The Morgan fingerprint density at radius 3 is 2.93 bits per heavy atom. The molecule has 4 heterocycles. The molecule has 158 valence electrons. The van der Waals surface area contributed by atoms with Crippen LogP contribution in [0.1, 0.15) is 5.69 Å². The fraction of sp³-hybridized carbons (Fsp3) is 0.611. The zero-order valence-corrected chi connectivity index (χ0v) is 17.4. The molecular weight excluding hydrogens is 398 g/mol. The van der Waals surface area contributed by atoms with Gasteiger partial charge < -0.3 is 24.8 Å². The van der Waals surface area contributed by atoms with E-state index in [1.54, 1.807) is 13.3 Å². The first-order valence-corrected chi connectivity index (χ1v) is 10.1. The Kier molecular flexibility index (Phi) is 6.34. The van der Waals surface area contributed by atoms with Crippen molar-refractivity contribution in [2.45, 2.75) is 19.6 Å². The molecule has 29 heavy (non-hydrogen) atoms. The number of ether oxygens (including phenoxy) is 3. The Morgan fingerprint density at radius 1 is 1.31 bits per heavy atom. The fourth-order valence-corrected chi connectivity index (χ4v) is 3.46. The van der Waals surface area contributed by atoms with Gasteiger partial charge in [-0.25, -0.2) is 4.98 Å². The maximum absolute atomic E-state index is 6.22. The van der Waals surface area contributed by atoms with Crippen molar-refractivity contribution in [3.05, 3.63) is 16.9 Å². The van der Waals surface area contributed by atoms with Gasteiger partial charge in [0.05, 0.1) is 31.6 Å². The van der Waals surface area contributed by atoms with E-state index in [0.717, 1.165) is 50.8 Å². The van der Waals surface area contributed by atoms with E-state index in [-0.39, 0.29) is 6.10 Å². The number of morpholine rings is 1.